The molecule has 0 amide bonds. The molecule has 4 heteroatoms. The van der Waals surface area contributed by atoms with Gasteiger partial charge in [-0.2, -0.15) is 5.10 Å². The number of aromatic nitrogens is 4. The van der Waals surface area contributed by atoms with Gasteiger partial charge in [0.25, 0.3) is 0 Å². The number of nitrogens with zero attached hydrogens (tertiary/aromatic N) is 3. The van der Waals surface area contributed by atoms with E-state index in [1.54, 1.807) is 0 Å². The quantitative estimate of drug-likeness (QED) is 0.794. The fraction of sp³-hybridized carbons (Fsp3) is 0.294. The molecule has 2 aromatic heterocycles. The number of benzene rings is 1. The lowest BCUT2D eigenvalue weighted by atomic mass is 10.1. The van der Waals surface area contributed by atoms with Gasteiger partial charge in [0.05, 0.1) is 5.69 Å². The van der Waals surface area contributed by atoms with Crippen molar-refractivity contribution >= 4 is 0 Å². The van der Waals surface area contributed by atoms with Crippen LogP contribution < -0.4 is 0 Å². The van der Waals surface area contributed by atoms with Crippen molar-refractivity contribution < 1.29 is 0 Å². The summed E-state index contributed by atoms with van der Waals surface area (Å²) >= 11 is 0. The van der Waals surface area contributed by atoms with Gasteiger partial charge in [-0.15, -0.1) is 0 Å². The number of imidazole rings is 1. The normalized spacial score (nSPS) is 11.2. The van der Waals surface area contributed by atoms with Crippen LogP contribution >= 0.6 is 0 Å². The van der Waals surface area contributed by atoms with E-state index in [4.69, 9.17) is 4.98 Å². The molecule has 4 nitrogen and oxygen atoms in total. The van der Waals surface area contributed by atoms with Gasteiger partial charge in [-0.05, 0) is 17.5 Å². The first-order chi connectivity index (χ1) is 10.1. The minimum atomic E-state index is 0.440. The lowest BCUT2D eigenvalue weighted by Gasteiger charge is -1.97. The summed E-state index contributed by atoms with van der Waals surface area (Å²) in [7, 11) is 2.01. The molecule has 3 aromatic rings. The standard InChI is InChI=1S/C17H20N4/c1-12(2)15-10-16(20-19-15)17-18-14(11-21(17)3)9-13-7-5-4-6-8-13/h4-8,10-12H,9H2,1-3H3,(H,19,20). The number of aromatic amines is 1. The molecule has 0 saturated carbocycles. The summed E-state index contributed by atoms with van der Waals surface area (Å²) in [6.07, 6.45) is 2.92. The molecule has 108 valence electrons. The van der Waals surface area contributed by atoms with Crippen LogP contribution in [0.4, 0.5) is 0 Å². The summed E-state index contributed by atoms with van der Waals surface area (Å²) in [5.74, 6) is 1.35. The molecule has 0 radical (unpaired) electrons. The van der Waals surface area contributed by atoms with E-state index in [1.807, 2.05) is 17.7 Å². The van der Waals surface area contributed by atoms with Crippen molar-refractivity contribution in [2.75, 3.05) is 0 Å². The van der Waals surface area contributed by atoms with E-state index < -0.39 is 0 Å². The van der Waals surface area contributed by atoms with E-state index in [1.165, 1.54) is 5.56 Å². The van der Waals surface area contributed by atoms with Gasteiger partial charge in [0, 0.05) is 25.4 Å². The Hall–Kier alpha value is -2.36. The van der Waals surface area contributed by atoms with Gasteiger partial charge < -0.3 is 4.57 Å². The Bertz CT molecular complexity index is 722. The Morgan fingerprint density at radius 2 is 1.95 bits per heavy atom. The van der Waals surface area contributed by atoms with E-state index >= 15 is 0 Å². The van der Waals surface area contributed by atoms with Crippen molar-refractivity contribution in [1.29, 1.82) is 0 Å². The summed E-state index contributed by atoms with van der Waals surface area (Å²) in [4.78, 5) is 4.73. The van der Waals surface area contributed by atoms with Crippen molar-refractivity contribution in [3.05, 3.63) is 59.5 Å². The maximum atomic E-state index is 4.73. The molecule has 0 saturated heterocycles. The first-order valence-electron chi connectivity index (χ1n) is 7.25. The first-order valence-corrected chi connectivity index (χ1v) is 7.25. The van der Waals surface area contributed by atoms with Crippen molar-refractivity contribution in [1.82, 2.24) is 19.7 Å². The van der Waals surface area contributed by atoms with Crippen LogP contribution in [0.5, 0.6) is 0 Å². The molecule has 0 fully saturated rings. The maximum Gasteiger partial charge on any atom is 0.160 e. The molecule has 0 unspecified atom stereocenters. The van der Waals surface area contributed by atoms with E-state index in [0.29, 0.717) is 5.92 Å². The average Bonchev–Trinajstić information content (AvgIpc) is 3.07. The monoisotopic (exact) mass is 280 g/mol. The summed E-state index contributed by atoms with van der Waals surface area (Å²) in [6, 6.07) is 12.5. The van der Waals surface area contributed by atoms with Crippen LogP contribution in [0.1, 0.15) is 36.7 Å². The topological polar surface area (TPSA) is 46.5 Å². The number of H-pyrrole nitrogens is 1. The van der Waals surface area contributed by atoms with Crippen LogP contribution in [0, 0.1) is 0 Å². The third kappa shape index (κ3) is 2.89. The van der Waals surface area contributed by atoms with Crippen molar-refractivity contribution in [2.24, 2.45) is 7.05 Å². The highest BCUT2D eigenvalue weighted by Crippen LogP contribution is 2.21. The molecule has 1 aromatic carbocycles. The Balaban J connectivity index is 1.87. The van der Waals surface area contributed by atoms with Crippen LogP contribution in [0.2, 0.25) is 0 Å². The summed E-state index contributed by atoms with van der Waals surface area (Å²) in [5.41, 5.74) is 4.37. The molecule has 0 spiro atoms. The van der Waals surface area contributed by atoms with E-state index in [-0.39, 0.29) is 0 Å². The highest BCUT2D eigenvalue weighted by Gasteiger charge is 2.12. The highest BCUT2D eigenvalue weighted by atomic mass is 15.2. The van der Waals surface area contributed by atoms with Crippen LogP contribution in [0.15, 0.2) is 42.6 Å². The Kier molecular flexibility index (Phi) is 3.60. The van der Waals surface area contributed by atoms with Gasteiger partial charge >= 0.3 is 0 Å². The second kappa shape index (κ2) is 5.56. The minimum Gasteiger partial charge on any atom is -0.332 e. The molecule has 1 N–H and O–H groups in total. The summed E-state index contributed by atoms with van der Waals surface area (Å²) in [6.45, 7) is 4.30. The minimum absolute atomic E-state index is 0.440. The average molecular weight is 280 g/mol. The second-order valence-electron chi connectivity index (χ2n) is 5.69. The largest absolute Gasteiger partial charge is 0.332 e. The Morgan fingerprint density at radius 1 is 1.19 bits per heavy atom. The Labute approximate surface area is 124 Å². The second-order valence-corrected chi connectivity index (χ2v) is 5.69. The zero-order chi connectivity index (χ0) is 14.8. The molecule has 2 heterocycles. The highest BCUT2D eigenvalue weighted by molar-refractivity contribution is 5.51. The van der Waals surface area contributed by atoms with E-state index in [9.17, 15) is 0 Å². The Morgan fingerprint density at radius 3 is 2.62 bits per heavy atom. The van der Waals surface area contributed by atoms with Crippen molar-refractivity contribution in [3.63, 3.8) is 0 Å². The van der Waals surface area contributed by atoms with Crippen LogP contribution in [-0.2, 0) is 13.5 Å². The maximum absolute atomic E-state index is 4.73. The first kappa shape index (κ1) is 13.6. The molecule has 21 heavy (non-hydrogen) atoms. The molecular weight excluding hydrogens is 260 g/mol. The number of aryl methyl sites for hydroxylation is 1. The lowest BCUT2D eigenvalue weighted by Crippen LogP contribution is -1.91. The number of rotatable bonds is 4. The van der Waals surface area contributed by atoms with Crippen LogP contribution in [0.25, 0.3) is 11.5 Å². The van der Waals surface area contributed by atoms with Crippen LogP contribution in [-0.4, -0.2) is 19.7 Å². The fourth-order valence-electron chi connectivity index (χ4n) is 2.40. The van der Waals surface area contributed by atoms with Crippen molar-refractivity contribution in [3.8, 4) is 11.5 Å². The fourth-order valence-corrected chi connectivity index (χ4v) is 2.40. The molecule has 0 atom stereocenters. The zero-order valence-corrected chi connectivity index (χ0v) is 12.7. The van der Waals surface area contributed by atoms with Gasteiger partial charge in [0.15, 0.2) is 5.82 Å². The van der Waals surface area contributed by atoms with Gasteiger partial charge in [-0.25, -0.2) is 4.98 Å². The molecule has 0 aliphatic heterocycles. The van der Waals surface area contributed by atoms with E-state index in [2.05, 4.69) is 60.6 Å². The molecule has 0 bridgehead atoms. The SMILES string of the molecule is CC(C)c1cc(-c2nc(Cc3ccccc3)cn2C)n[nH]1. The number of hydrogen-bond acceptors (Lipinski definition) is 2. The molecule has 0 aliphatic rings. The molecular formula is C17H20N4. The summed E-state index contributed by atoms with van der Waals surface area (Å²) < 4.78 is 2.04. The molecule has 0 aliphatic carbocycles. The van der Waals surface area contributed by atoms with Gasteiger partial charge in [0.1, 0.15) is 5.69 Å². The molecule has 3 rings (SSSR count). The number of hydrogen-bond donors (Lipinski definition) is 1. The van der Waals surface area contributed by atoms with Crippen LogP contribution in [0.3, 0.4) is 0 Å². The predicted octanol–water partition coefficient (Wildman–Crippen LogP) is 3.52. The predicted molar refractivity (Wildman–Crippen MR) is 84.1 cm³/mol. The lowest BCUT2D eigenvalue weighted by molar-refractivity contribution is 0.810. The van der Waals surface area contributed by atoms with Gasteiger partial charge in [-0.1, -0.05) is 44.2 Å². The van der Waals surface area contributed by atoms with Gasteiger partial charge in [0.2, 0.25) is 0 Å². The smallest absolute Gasteiger partial charge is 0.160 e. The summed E-state index contributed by atoms with van der Waals surface area (Å²) in [5, 5.41) is 7.47. The zero-order valence-electron chi connectivity index (χ0n) is 12.7. The third-order valence-corrected chi connectivity index (χ3v) is 3.60. The van der Waals surface area contributed by atoms with E-state index in [0.717, 1.165) is 29.3 Å². The van der Waals surface area contributed by atoms with Crippen molar-refractivity contribution in [2.45, 2.75) is 26.2 Å². The number of nitrogens with one attached hydrogen (secondary N) is 1. The third-order valence-electron chi connectivity index (χ3n) is 3.60. The van der Waals surface area contributed by atoms with Gasteiger partial charge in [-0.3, -0.25) is 5.10 Å².